The summed E-state index contributed by atoms with van der Waals surface area (Å²) >= 11 is 5.87. The first kappa shape index (κ1) is 24.4. The fourth-order valence-corrected chi connectivity index (χ4v) is 4.91. The third-order valence-corrected chi connectivity index (χ3v) is 6.43. The molecule has 5 rings (SSSR count). The molecule has 1 aliphatic heterocycles. The SMILES string of the molecule is COCC(=O)Nc1cc(N2C(=S)NC(c3ccccn3)C2c2cccn2-c2cccnc2)ccc1OC. The lowest BCUT2D eigenvalue weighted by molar-refractivity contribution is -0.119. The normalized spacial score (nSPS) is 16.9. The molecule has 1 amide bonds. The summed E-state index contributed by atoms with van der Waals surface area (Å²) in [4.78, 5) is 23.3. The van der Waals surface area contributed by atoms with Crippen LogP contribution in [0, 0.1) is 0 Å². The molecule has 0 aliphatic carbocycles. The van der Waals surface area contributed by atoms with Crippen molar-refractivity contribution < 1.29 is 14.3 Å². The molecule has 0 saturated carbocycles. The first-order valence-corrected chi connectivity index (χ1v) is 12.1. The minimum Gasteiger partial charge on any atom is -0.495 e. The molecule has 188 valence electrons. The number of hydrogen-bond donors (Lipinski definition) is 2. The Morgan fingerprint density at radius 2 is 1.97 bits per heavy atom. The molecule has 4 heterocycles. The number of ether oxygens (including phenoxy) is 2. The molecule has 1 fully saturated rings. The van der Waals surface area contributed by atoms with Crippen LogP contribution in [0.4, 0.5) is 11.4 Å². The van der Waals surface area contributed by atoms with Crippen molar-refractivity contribution in [1.29, 1.82) is 0 Å². The Bertz CT molecular complexity index is 1400. The summed E-state index contributed by atoms with van der Waals surface area (Å²) in [6.45, 7) is -0.0694. The molecule has 2 N–H and O–H groups in total. The molecule has 2 atom stereocenters. The van der Waals surface area contributed by atoms with Gasteiger partial charge in [0.05, 0.1) is 36.4 Å². The monoisotopic (exact) mass is 514 g/mol. The highest BCUT2D eigenvalue weighted by molar-refractivity contribution is 7.80. The second kappa shape index (κ2) is 10.8. The Morgan fingerprint density at radius 3 is 2.70 bits per heavy atom. The number of hydrogen-bond acceptors (Lipinski definition) is 6. The van der Waals surface area contributed by atoms with Gasteiger partial charge >= 0.3 is 0 Å². The molecular formula is C27H26N6O3S. The highest BCUT2D eigenvalue weighted by Gasteiger charge is 2.42. The number of pyridine rings is 2. The lowest BCUT2D eigenvalue weighted by Gasteiger charge is -2.29. The van der Waals surface area contributed by atoms with Crippen LogP contribution in [-0.4, -0.2) is 46.4 Å². The van der Waals surface area contributed by atoms with Gasteiger partial charge in [0.15, 0.2) is 5.11 Å². The van der Waals surface area contributed by atoms with Gasteiger partial charge in [-0.2, -0.15) is 0 Å². The van der Waals surface area contributed by atoms with Gasteiger partial charge in [-0.1, -0.05) is 6.07 Å². The van der Waals surface area contributed by atoms with Gasteiger partial charge in [-0.15, -0.1) is 0 Å². The van der Waals surface area contributed by atoms with Crippen LogP contribution in [0.25, 0.3) is 5.69 Å². The largest absolute Gasteiger partial charge is 0.495 e. The Kier molecular flexibility index (Phi) is 7.11. The Hall–Kier alpha value is -4.28. The van der Waals surface area contributed by atoms with Crippen molar-refractivity contribution in [2.45, 2.75) is 12.1 Å². The van der Waals surface area contributed by atoms with Gasteiger partial charge in [-0.3, -0.25) is 14.8 Å². The van der Waals surface area contributed by atoms with Crippen molar-refractivity contribution in [3.8, 4) is 11.4 Å². The van der Waals surface area contributed by atoms with Crippen molar-refractivity contribution >= 4 is 34.6 Å². The van der Waals surface area contributed by atoms with E-state index in [-0.39, 0.29) is 24.6 Å². The van der Waals surface area contributed by atoms with E-state index in [1.54, 1.807) is 19.5 Å². The zero-order chi connectivity index (χ0) is 25.8. The van der Waals surface area contributed by atoms with Gasteiger partial charge in [-0.25, -0.2) is 0 Å². The summed E-state index contributed by atoms with van der Waals surface area (Å²) < 4.78 is 12.6. The fourth-order valence-electron chi connectivity index (χ4n) is 4.56. The minimum atomic E-state index is -0.284. The second-order valence-electron chi connectivity index (χ2n) is 8.38. The lowest BCUT2D eigenvalue weighted by atomic mass is 10.0. The summed E-state index contributed by atoms with van der Waals surface area (Å²) in [6, 6.07) is 18.9. The number of aromatic nitrogens is 3. The number of amides is 1. The zero-order valence-corrected chi connectivity index (χ0v) is 21.2. The van der Waals surface area contributed by atoms with E-state index in [0.717, 1.165) is 22.8 Å². The van der Waals surface area contributed by atoms with Crippen molar-refractivity contribution in [1.82, 2.24) is 19.9 Å². The predicted molar refractivity (Wildman–Crippen MR) is 145 cm³/mol. The predicted octanol–water partition coefficient (Wildman–Crippen LogP) is 4.04. The first-order chi connectivity index (χ1) is 18.1. The van der Waals surface area contributed by atoms with Crippen molar-refractivity contribution in [2.75, 3.05) is 31.0 Å². The number of rotatable bonds is 8. The molecule has 1 aromatic carbocycles. The highest BCUT2D eigenvalue weighted by atomic mass is 32.1. The number of benzene rings is 1. The molecule has 0 bridgehead atoms. The van der Waals surface area contributed by atoms with E-state index in [9.17, 15) is 4.79 Å². The van der Waals surface area contributed by atoms with Gasteiger partial charge < -0.3 is 29.6 Å². The van der Waals surface area contributed by atoms with Crippen LogP contribution in [0.1, 0.15) is 23.5 Å². The summed E-state index contributed by atoms with van der Waals surface area (Å²) in [6.07, 6.45) is 7.35. The van der Waals surface area contributed by atoms with E-state index in [4.69, 9.17) is 21.7 Å². The van der Waals surface area contributed by atoms with Crippen LogP contribution >= 0.6 is 12.2 Å². The highest BCUT2D eigenvalue weighted by Crippen LogP contribution is 2.43. The van der Waals surface area contributed by atoms with E-state index in [0.29, 0.717) is 16.5 Å². The van der Waals surface area contributed by atoms with Gasteiger partial charge in [0, 0.05) is 37.1 Å². The first-order valence-electron chi connectivity index (χ1n) is 11.7. The van der Waals surface area contributed by atoms with E-state index in [2.05, 4.69) is 31.2 Å². The summed E-state index contributed by atoms with van der Waals surface area (Å²) in [5.41, 5.74) is 4.10. The van der Waals surface area contributed by atoms with Crippen LogP contribution in [0.3, 0.4) is 0 Å². The zero-order valence-electron chi connectivity index (χ0n) is 20.4. The Labute approximate surface area is 220 Å². The summed E-state index contributed by atoms with van der Waals surface area (Å²) in [7, 11) is 3.03. The van der Waals surface area contributed by atoms with E-state index < -0.39 is 0 Å². The molecule has 0 spiro atoms. The third kappa shape index (κ3) is 4.89. The Morgan fingerprint density at radius 1 is 1.08 bits per heavy atom. The van der Waals surface area contributed by atoms with E-state index in [1.165, 1.54) is 7.11 Å². The third-order valence-electron chi connectivity index (χ3n) is 6.12. The minimum absolute atomic E-state index is 0.0694. The van der Waals surface area contributed by atoms with Gasteiger partial charge in [-0.05, 0) is 66.8 Å². The maximum atomic E-state index is 12.3. The van der Waals surface area contributed by atoms with Crippen molar-refractivity contribution in [2.24, 2.45) is 0 Å². The molecule has 9 nitrogen and oxygen atoms in total. The summed E-state index contributed by atoms with van der Waals surface area (Å²) in [5, 5.41) is 6.88. The van der Waals surface area contributed by atoms with Gasteiger partial charge in [0.1, 0.15) is 18.4 Å². The van der Waals surface area contributed by atoms with Crippen LogP contribution < -0.4 is 20.3 Å². The average molecular weight is 515 g/mol. The van der Waals surface area contributed by atoms with Gasteiger partial charge in [0.25, 0.3) is 0 Å². The number of anilines is 2. The van der Waals surface area contributed by atoms with Crippen molar-refractivity contribution in [3.63, 3.8) is 0 Å². The molecule has 2 unspecified atom stereocenters. The Balaban J connectivity index is 1.62. The molecular weight excluding hydrogens is 488 g/mol. The average Bonchev–Trinajstić information content (AvgIpc) is 3.54. The molecule has 37 heavy (non-hydrogen) atoms. The molecule has 4 aromatic rings. The molecule has 1 saturated heterocycles. The molecule has 1 aliphatic rings. The van der Waals surface area contributed by atoms with E-state index in [1.807, 2.05) is 71.9 Å². The number of nitrogens with zero attached hydrogens (tertiary/aromatic N) is 4. The van der Waals surface area contributed by atoms with Crippen molar-refractivity contribution in [3.05, 3.63) is 96.8 Å². The van der Waals surface area contributed by atoms with Crippen LogP contribution in [0.15, 0.2) is 85.5 Å². The smallest absolute Gasteiger partial charge is 0.250 e. The summed E-state index contributed by atoms with van der Waals surface area (Å²) in [5.74, 6) is 0.247. The van der Waals surface area contributed by atoms with Crippen LogP contribution in [0.5, 0.6) is 5.75 Å². The van der Waals surface area contributed by atoms with Gasteiger partial charge in [0.2, 0.25) is 5.91 Å². The van der Waals surface area contributed by atoms with Crippen LogP contribution in [-0.2, 0) is 9.53 Å². The number of carbonyl (C=O) groups is 1. The maximum absolute atomic E-state index is 12.3. The topological polar surface area (TPSA) is 93.5 Å². The van der Waals surface area contributed by atoms with Crippen LogP contribution in [0.2, 0.25) is 0 Å². The molecule has 0 radical (unpaired) electrons. The van der Waals surface area contributed by atoms with E-state index >= 15 is 0 Å². The maximum Gasteiger partial charge on any atom is 0.250 e. The lowest BCUT2D eigenvalue weighted by Crippen LogP contribution is -2.30. The molecule has 3 aromatic heterocycles. The number of carbonyl (C=O) groups excluding carboxylic acids is 1. The fraction of sp³-hybridized carbons (Fsp3) is 0.185. The second-order valence-corrected chi connectivity index (χ2v) is 8.76. The number of methoxy groups -OCH3 is 2. The number of thiocarbonyl (C=S) groups is 1. The standard InChI is InChI=1S/C27H26N6O3S/c1-35-17-24(34)30-21-15-18(10-11-23(21)36-2)33-26(25(31-27(33)37)20-8-3-4-13-29-20)22-9-6-14-32(22)19-7-5-12-28-16-19/h3-16,25-26H,17H2,1-2H3,(H,30,34)(H,31,37). The number of nitrogens with one attached hydrogen (secondary N) is 2. The molecule has 10 heteroatoms. The quantitative estimate of drug-likeness (QED) is 0.341.